The molecule has 0 bridgehead atoms. The fourth-order valence-corrected chi connectivity index (χ4v) is 4.22. The number of hydrogen-bond donors (Lipinski definition) is 0. The molecule has 1 heterocycles. The van der Waals surface area contributed by atoms with Crippen molar-refractivity contribution in [3.63, 3.8) is 0 Å². The molecule has 0 saturated heterocycles. The van der Waals surface area contributed by atoms with Crippen LogP contribution >= 0.6 is 11.3 Å². The maximum atomic E-state index is 13.2. The number of carbonyl (C=O) groups is 1. The number of anilines is 1. The lowest BCUT2D eigenvalue weighted by Crippen LogP contribution is -2.37. The molecule has 0 fully saturated rings. The highest BCUT2D eigenvalue weighted by atomic mass is 32.1. The van der Waals surface area contributed by atoms with Gasteiger partial charge in [0.1, 0.15) is 5.75 Å². The number of ether oxygens (including phenoxy) is 1. The minimum atomic E-state index is 0.0631. The molecule has 3 aromatic rings. The first-order valence-corrected chi connectivity index (χ1v) is 10.9. The molecular formula is C23H29N3O2S. The molecule has 6 heteroatoms. The Morgan fingerprint density at radius 3 is 2.48 bits per heavy atom. The van der Waals surface area contributed by atoms with E-state index in [0.717, 1.165) is 39.6 Å². The maximum absolute atomic E-state index is 13.2. The van der Waals surface area contributed by atoms with Gasteiger partial charge in [0, 0.05) is 13.1 Å². The van der Waals surface area contributed by atoms with Gasteiger partial charge in [0.15, 0.2) is 5.13 Å². The number of amides is 1. The molecule has 0 radical (unpaired) electrons. The predicted octanol–water partition coefficient (Wildman–Crippen LogP) is 4.39. The van der Waals surface area contributed by atoms with Crippen LogP contribution in [0.25, 0.3) is 10.2 Å². The number of likely N-dealkylation sites (N-methyl/N-ethyl adjacent to an activating group) is 1. The zero-order valence-electron chi connectivity index (χ0n) is 17.6. The average molecular weight is 412 g/mol. The first kappa shape index (κ1) is 21.3. The summed E-state index contributed by atoms with van der Waals surface area (Å²) in [5.41, 5.74) is 3.21. The number of hydrogen-bond acceptors (Lipinski definition) is 5. The van der Waals surface area contributed by atoms with Gasteiger partial charge in [-0.25, -0.2) is 4.98 Å². The molecule has 0 spiro atoms. The summed E-state index contributed by atoms with van der Waals surface area (Å²) in [6, 6.07) is 14.0. The van der Waals surface area contributed by atoms with Crippen molar-refractivity contribution in [1.82, 2.24) is 9.88 Å². The van der Waals surface area contributed by atoms with Crippen molar-refractivity contribution in [3.05, 3.63) is 53.6 Å². The molecule has 1 amide bonds. The molecule has 154 valence electrons. The quantitative estimate of drug-likeness (QED) is 0.524. The molecule has 29 heavy (non-hydrogen) atoms. The summed E-state index contributed by atoms with van der Waals surface area (Å²) < 4.78 is 6.62. The van der Waals surface area contributed by atoms with Gasteiger partial charge in [0.25, 0.3) is 0 Å². The number of benzene rings is 2. The summed E-state index contributed by atoms with van der Waals surface area (Å²) in [6.45, 7) is 6.13. The second-order valence-corrected chi connectivity index (χ2v) is 8.23. The largest absolute Gasteiger partial charge is 0.494 e. The zero-order chi connectivity index (χ0) is 20.8. The van der Waals surface area contributed by atoms with Gasteiger partial charge in [-0.2, -0.15) is 0 Å². The van der Waals surface area contributed by atoms with Crippen molar-refractivity contribution in [3.8, 4) is 5.75 Å². The standard InChI is InChI=1S/C23H29N3O2S/c1-5-18-8-7-9-20-22(18)24-23(29-20)26(15-14-25(3)4)21(27)16-17-10-12-19(13-11-17)28-6-2/h7-13H,5-6,14-16H2,1-4H3. The van der Waals surface area contributed by atoms with Crippen LogP contribution < -0.4 is 9.64 Å². The highest BCUT2D eigenvalue weighted by Gasteiger charge is 2.21. The van der Waals surface area contributed by atoms with Gasteiger partial charge in [-0.1, -0.05) is 42.5 Å². The van der Waals surface area contributed by atoms with Gasteiger partial charge >= 0.3 is 0 Å². The number of rotatable bonds is 9. The zero-order valence-corrected chi connectivity index (χ0v) is 18.5. The van der Waals surface area contributed by atoms with Gasteiger partial charge in [-0.05, 0) is 56.8 Å². The van der Waals surface area contributed by atoms with E-state index in [0.29, 0.717) is 19.6 Å². The first-order chi connectivity index (χ1) is 14.0. The SMILES string of the molecule is CCOc1ccc(CC(=O)N(CCN(C)C)c2nc3c(CC)cccc3s2)cc1. The second kappa shape index (κ2) is 9.85. The van der Waals surface area contributed by atoms with Crippen LogP contribution in [0.2, 0.25) is 0 Å². The molecule has 0 aliphatic heterocycles. The number of aryl methyl sites for hydroxylation is 1. The van der Waals surface area contributed by atoms with E-state index in [1.165, 1.54) is 5.56 Å². The van der Waals surface area contributed by atoms with Crippen molar-refractivity contribution in [2.45, 2.75) is 26.7 Å². The third kappa shape index (κ3) is 5.34. The molecule has 3 rings (SSSR count). The molecule has 0 N–H and O–H groups in total. The third-order valence-corrected chi connectivity index (χ3v) is 5.81. The minimum absolute atomic E-state index is 0.0631. The Kier molecular flexibility index (Phi) is 7.23. The van der Waals surface area contributed by atoms with Crippen LogP contribution in [0, 0.1) is 0 Å². The lowest BCUT2D eigenvalue weighted by molar-refractivity contribution is -0.118. The van der Waals surface area contributed by atoms with Crippen LogP contribution in [-0.2, 0) is 17.6 Å². The van der Waals surface area contributed by atoms with Gasteiger partial charge < -0.3 is 9.64 Å². The van der Waals surface area contributed by atoms with E-state index in [1.807, 2.05) is 50.2 Å². The summed E-state index contributed by atoms with van der Waals surface area (Å²) in [7, 11) is 4.03. The molecule has 5 nitrogen and oxygen atoms in total. The molecule has 0 aliphatic carbocycles. The topological polar surface area (TPSA) is 45.7 Å². The average Bonchev–Trinajstić information content (AvgIpc) is 3.13. The van der Waals surface area contributed by atoms with Crippen LogP contribution in [0.3, 0.4) is 0 Å². The molecule has 0 saturated carbocycles. The minimum Gasteiger partial charge on any atom is -0.494 e. The number of carbonyl (C=O) groups excluding carboxylic acids is 1. The van der Waals surface area contributed by atoms with Crippen LogP contribution in [0.5, 0.6) is 5.75 Å². The van der Waals surface area contributed by atoms with Crippen LogP contribution in [-0.4, -0.2) is 49.6 Å². The molecule has 0 aliphatic rings. The number of para-hydroxylation sites is 1. The highest BCUT2D eigenvalue weighted by Crippen LogP contribution is 2.31. The van der Waals surface area contributed by atoms with E-state index >= 15 is 0 Å². The normalized spacial score (nSPS) is 11.2. The Hall–Kier alpha value is -2.44. The van der Waals surface area contributed by atoms with Crippen LogP contribution in [0.4, 0.5) is 5.13 Å². The van der Waals surface area contributed by atoms with Crippen molar-refractivity contribution < 1.29 is 9.53 Å². The van der Waals surface area contributed by atoms with E-state index in [4.69, 9.17) is 9.72 Å². The Morgan fingerprint density at radius 2 is 1.83 bits per heavy atom. The molecule has 0 unspecified atom stereocenters. The lowest BCUT2D eigenvalue weighted by atomic mass is 10.1. The molecule has 2 aromatic carbocycles. The Morgan fingerprint density at radius 1 is 1.07 bits per heavy atom. The Labute approximate surface area is 176 Å². The first-order valence-electron chi connectivity index (χ1n) is 10.1. The molecule has 1 aromatic heterocycles. The monoisotopic (exact) mass is 411 g/mol. The Bertz CT molecular complexity index is 950. The van der Waals surface area contributed by atoms with Gasteiger partial charge in [0.2, 0.25) is 5.91 Å². The Balaban J connectivity index is 1.85. The summed E-state index contributed by atoms with van der Waals surface area (Å²) in [4.78, 5) is 22.0. The predicted molar refractivity (Wildman–Crippen MR) is 121 cm³/mol. The molecule has 0 atom stereocenters. The van der Waals surface area contributed by atoms with Gasteiger partial charge in [-0.3, -0.25) is 9.69 Å². The number of thiazole rings is 1. The van der Waals surface area contributed by atoms with E-state index in [9.17, 15) is 4.79 Å². The van der Waals surface area contributed by atoms with Crippen molar-refractivity contribution in [1.29, 1.82) is 0 Å². The molecular weight excluding hydrogens is 382 g/mol. The van der Waals surface area contributed by atoms with Crippen molar-refractivity contribution in [2.24, 2.45) is 0 Å². The summed E-state index contributed by atoms with van der Waals surface area (Å²) in [5.74, 6) is 0.888. The third-order valence-electron chi connectivity index (χ3n) is 4.76. The van der Waals surface area contributed by atoms with E-state index in [2.05, 4.69) is 30.0 Å². The maximum Gasteiger partial charge on any atom is 0.233 e. The van der Waals surface area contributed by atoms with Gasteiger partial charge in [-0.15, -0.1) is 0 Å². The fourth-order valence-electron chi connectivity index (χ4n) is 3.16. The summed E-state index contributed by atoms with van der Waals surface area (Å²) in [5, 5.41) is 0.777. The highest BCUT2D eigenvalue weighted by molar-refractivity contribution is 7.22. The fraction of sp³-hybridized carbons (Fsp3) is 0.391. The summed E-state index contributed by atoms with van der Waals surface area (Å²) >= 11 is 1.59. The van der Waals surface area contributed by atoms with Crippen molar-refractivity contribution >= 4 is 32.6 Å². The lowest BCUT2D eigenvalue weighted by Gasteiger charge is -2.22. The van der Waals surface area contributed by atoms with Crippen LogP contribution in [0.1, 0.15) is 25.0 Å². The summed E-state index contributed by atoms with van der Waals surface area (Å²) in [6.07, 6.45) is 1.27. The van der Waals surface area contributed by atoms with E-state index in [-0.39, 0.29) is 5.91 Å². The van der Waals surface area contributed by atoms with Crippen LogP contribution in [0.15, 0.2) is 42.5 Å². The number of aromatic nitrogens is 1. The number of fused-ring (bicyclic) bond motifs is 1. The second-order valence-electron chi connectivity index (χ2n) is 7.22. The van der Waals surface area contributed by atoms with Crippen molar-refractivity contribution in [2.75, 3.05) is 38.7 Å². The number of nitrogens with zero attached hydrogens (tertiary/aromatic N) is 3. The van der Waals surface area contributed by atoms with E-state index < -0.39 is 0 Å². The van der Waals surface area contributed by atoms with E-state index in [1.54, 1.807) is 11.3 Å². The van der Waals surface area contributed by atoms with Gasteiger partial charge in [0.05, 0.1) is 23.2 Å². The smallest absolute Gasteiger partial charge is 0.233 e.